The number of H-pyrrole nitrogens is 1. The van der Waals surface area contributed by atoms with Gasteiger partial charge >= 0.3 is 0 Å². The summed E-state index contributed by atoms with van der Waals surface area (Å²) in [5, 5.41) is 3.50. The van der Waals surface area contributed by atoms with Crippen LogP contribution < -0.4 is 5.32 Å². The molecule has 0 aromatic carbocycles. The van der Waals surface area contributed by atoms with Crippen LogP contribution in [0.5, 0.6) is 0 Å². The van der Waals surface area contributed by atoms with Crippen LogP contribution in [0.3, 0.4) is 0 Å². The van der Waals surface area contributed by atoms with Crippen molar-refractivity contribution in [1.82, 2.24) is 29.8 Å². The van der Waals surface area contributed by atoms with E-state index in [-0.39, 0.29) is 6.04 Å². The molecule has 0 saturated heterocycles. The highest BCUT2D eigenvalue weighted by Crippen LogP contribution is 2.25. The highest BCUT2D eigenvalue weighted by molar-refractivity contribution is 5.74. The van der Waals surface area contributed by atoms with E-state index in [1.54, 1.807) is 12.5 Å². The molecule has 19 heavy (non-hydrogen) atoms. The monoisotopic (exact) mass is 254 g/mol. The predicted molar refractivity (Wildman–Crippen MR) is 70.4 cm³/mol. The molecule has 96 valence electrons. The number of imidazole rings is 2. The van der Waals surface area contributed by atoms with E-state index in [9.17, 15) is 0 Å². The summed E-state index contributed by atoms with van der Waals surface area (Å²) in [7, 11) is 2.04. The summed E-state index contributed by atoms with van der Waals surface area (Å²) in [6.45, 7) is 0.807. The molecule has 0 spiro atoms. The molecule has 4 heterocycles. The third-order valence-corrected chi connectivity index (χ3v) is 3.76. The molecule has 1 aliphatic heterocycles. The average Bonchev–Trinajstić information content (AvgIpc) is 3.03. The molecule has 4 rings (SSSR count). The van der Waals surface area contributed by atoms with Crippen molar-refractivity contribution < 1.29 is 0 Å². The number of nitrogens with one attached hydrogen (secondary N) is 2. The van der Waals surface area contributed by atoms with Gasteiger partial charge < -0.3 is 14.9 Å². The fraction of sp³-hybridized carbons (Fsp3) is 0.308. The Balaban J connectivity index is 1.77. The maximum atomic E-state index is 4.72. The quantitative estimate of drug-likeness (QED) is 0.681. The van der Waals surface area contributed by atoms with Crippen LogP contribution in [-0.4, -0.2) is 24.5 Å². The molecule has 0 fully saturated rings. The molecule has 0 amide bonds. The SMILES string of the molecule is Cn1c(C2Cc3nc[nH]c3CN2)nc2ccncc21. The Labute approximate surface area is 109 Å². The smallest absolute Gasteiger partial charge is 0.127 e. The van der Waals surface area contributed by atoms with Crippen molar-refractivity contribution in [1.29, 1.82) is 0 Å². The molecule has 6 heteroatoms. The summed E-state index contributed by atoms with van der Waals surface area (Å²) in [5.74, 6) is 1.04. The standard InChI is InChI=1S/C13H14N6/c1-19-12-6-14-3-2-8(12)18-13(19)10-4-9-11(5-15-10)17-7-16-9/h2-3,6-7,10,15H,4-5H2,1H3,(H,16,17). The Bertz CT molecular complexity index is 741. The summed E-state index contributed by atoms with van der Waals surface area (Å²) < 4.78 is 2.11. The lowest BCUT2D eigenvalue weighted by Crippen LogP contribution is -2.30. The van der Waals surface area contributed by atoms with Crippen LogP contribution in [0.25, 0.3) is 11.0 Å². The molecular weight excluding hydrogens is 240 g/mol. The van der Waals surface area contributed by atoms with Gasteiger partial charge in [0.2, 0.25) is 0 Å². The van der Waals surface area contributed by atoms with Gasteiger partial charge in [-0.25, -0.2) is 9.97 Å². The molecular formula is C13H14N6. The number of pyridine rings is 1. The Morgan fingerprint density at radius 2 is 2.37 bits per heavy atom. The first-order chi connectivity index (χ1) is 9.33. The van der Waals surface area contributed by atoms with Crippen LogP contribution in [0.2, 0.25) is 0 Å². The number of rotatable bonds is 1. The maximum absolute atomic E-state index is 4.72. The first kappa shape index (κ1) is 10.7. The minimum atomic E-state index is 0.202. The zero-order valence-corrected chi connectivity index (χ0v) is 10.6. The molecule has 0 saturated carbocycles. The van der Waals surface area contributed by atoms with Crippen LogP contribution in [0.15, 0.2) is 24.8 Å². The number of aromatic nitrogens is 5. The average molecular weight is 254 g/mol. The van der Waals surface area contributed by atoms with Gasteiger partial charge in [-0.15, -0.1) is 0 Å². The van der Waals surface area contributed by atoms with Gasteiger partial charge in [-0.2, -0.15) is 0 Å². The van der Waals surface area contributed by atoms with Crippen LogP contribution in [0, 0.1) is 0 Å². The Morgan fingerprint density at radius 1 is 1.42 bits per heavy atom. The zero-order chi connectivity index (χ0) is 12.8. The summed E-state index contributed by atoms with van der Waals surface area (Å²) >= 11 is 0. The topological polar surface area (TPSA) is 71.4 Å². The van der Waals surface area contributed by atoms with Crippen molar-refractivity contribution in [3.63, 3.8) is 0 Å². The third-order valence-electron chi connectivity index (χ3n) is 3.76. The van der Waals surface area contributed by atoms with Crippen molar-refractivity contribution in [3.05, 3.63) is 42.0 Å². The van der Waals surface area contributed by atoms with E-state index in [0.717, 1.165) is 35.5 Å². The van der Waals surface area contributed by atoms with Gasteiger partial charge in [0.1, 0.15) is 5.82 Å². The van der Waals surface area contributed by atoms with Gasteiger partial charge in [-0.3, -0.25) is 4.98 Å². The van der Waals surface area contributed by atoms with Crippen LogP contribution >= 0.6 is 0 Å². The molecule has 2 N–H and O–H groups in total. The van der Waals surface area contributed by atoms with Gasteiger partial charge in [-0.1, -0.05) is 0 Å². The lowest BCUT2D eigenvalue weighted by molar-refractivity contribution is 0.459. The van der Waals surface area contributed by atoms with Crippen molar-refractivity contribution in [3.8, 4) is 0 Å². The molecule has 1 unspecified atom stereocenters. The molecule has 0 aliphatic carbocycles. The van der Waals surface area contributed by atoms with E-state index < -0.39 is 0 Å². The zero-order valence-electron chi connectivity index (χ0n) is 10.6. The van der Waals surface area contributed by atoms with Gasteiger partial charge in [0, 0.05) is 26.2 Å². The van der Waals surface area contributed by atoms with Crippen molar-refractivity contribution >= 4 is 11.0 Å². The molecule has 3 aromatic rings. The number of hydrogen-bond acceptors (Lipinski definition) is 4. The van der Waals surface area contributed by atoms with E-state index in [2.05, 4.69) is 24.8 Å². The molecule has 0 bridgehead atoms. The van der Waals surface area contributed by atoms with E-state index in [1.165, 1.54) is 5.69 Å². The summed E-state index contributed by atoms with van der Waals surface area (Å²) in [6.07, 6.45) is 6.25. The normalized spacial score (nSPS) is 18.7. The molecule has 0 radical (unpaired) electrons. The third kappa shape index (κ3) is 1.57. The Morgan fingerprint density at radius 3 is 3.26 bits per heavy atom. The number of aromatic amines is 1. The molecule has 1 atom stereocenters. The fourth-order valence-corrected chi connectivity index (χ4v) is 2.72. The second-order valence-corrected chi connectivity index (χ2v) is 4.86. The van der Waals surface area contributed by atoms with E-state index >= 15 is 0 Å². The molecule has 3 aromatic heterocycles. The minimum Gasteiger partial charge on any atom is -0.347 e. The van der Waals surface area contributed by atoms with E-state index in [1.807, 2.05) is 19.3 Å². The largest absolute Gasteiger partial charge is 0.347 e. The lowest BCUT2D eigenvalue weighted by atomic mass is 10.1. The van der Waals surface area contributed by atoms with Crippen LogP contribution in [0.1, 0.15) is 23.3 Å². The van der Waals surface area contributed by atoms with Crippen molar-refractivity contribution in [2.24, 2.45) is 7.05 Å². The maximum Gasteiger partial charge on any atom is 0.127 e. The molecule has 6 nitrogen and oxygen atoms in total. The van der Waals surface area contributed by atoms with Gasteiger partial charge in [0.25, 0.3) is 0 Å². The summed E-state index contributed by atoms with van der Waals surface area (Å²) in [4.78, 5) is 16.4. The molecule has 1 aliphatic rings. The predicted octanol–water partition coefficient (Wildman–Crippen LogP) is 1.08. The summed E-state index contributed by atoms with van der Waals surface area (Å²) in [5.41, 5.74) is 4.36. The minimum absolute atomic E-state index is 0.202. The van der Waals surface area contributed by atoms with Crippen molar-refractivity contribution in [2.75, 3.05) is 0 Å². The number of aryl methyl sites for hydroxylation is 1. The number of hydrogen-bond donors (Lipinski definition) is 2. The Kier molecular flexibility index (Phi) is 2.19. The highest BCUT2D eigenvalue weighted by Gasteiger charge is 2.25. The fourth-order valence-electron chi connectivity index (χ4n) is 2.72. The number of nitrogens with zero attached hydrogens (tertiary/aromatic N) is 4. The van der Waals surface area contributed by atoms with Gasteiger partial charge in [0.15, 0.2) is 0 Å². The number of fused-ring (bicyclic) bond motifs is 2. The second-order valence-electron chi connectivity index (χ2n) is 4.86. The van der Waals surface area contributed by atoms with Gasteiger partial charge in [-0.05, 0) is 6.07 Å². The van der Waals surface area contributed by atoms with Crippen LogP contribution in [-0.2, 0) is 20.0 Å². The van der Waals surface area contributed by atoms with E-state index in [4.69, 9.17) is 4.98 Å². The first-order valence-electron chi connectivity index (χ1n) is 6.34. The summed E-state index contributed by atoms with van der Waals surface area (Å²) in [6, 6.07) is 2.15. The lowest BCUT2D eigenvalue weighted by Gasteiger charge is -2.22. The highest BCUT2D eigenvalue weighted by atomic mass is 15.1. The van der Waals surface area contributed by atoms with Crippen molar-refractivity contribution in [2.45, 2.75) is 19.0 Å². The van der Waals surface area contributed by atoms with Crippen LogP contribution in [0.4, 0.5) is 0 Å². The van der Waals surface area contributed by atoms with E-state index in [0.29, 0.717) is 0 Å². The van der Waals surface area contributed by atoms with Gasteiger partial charge in [0.05, 0.1) is 41.0 Å². The second kappa shape index (κ2) is 3.89. The Hall–Kier alpha value is -2.21. The first-order valence-corrected chi connectivity index (χ1v) is 6.34.